The van der Waals surface area contributed by atoms with E-state index in [1.165, 1.54) is 11.9 Å². The summed E-state index contributed by atoms with van der Waals surface area (Å²) in [6.45, 7) is -0.443. The monoisotopic (exact) mass is 455 g/mol. The highest BCUT2D eigenvalue weighted by Crippen LogP contribution is 2.33. The molecule has 168 valence electrons. The lowest BCUT2D eigenvalue weighted by molar-refractivity contribution is -0.139. The van der Waals surface area contributed by atoms with Crippen LogP contribution in [-0.2, 0) is 31.4 Å². The second kappa shape index (κ2) is 8.38. The minimum Gasteiger partial charge on any atom is -0.340 e. The number of sulfone groups is 1. The van der Waals surface area contributed by atoms with Gasteiger partial charge >= 0.3 is 6.03 Å². The molecule has 9 heteroatoms. The van der Waals surface area contributed by atoms with Crippen molar-refractivity contribution < 1.29 is 22.8 Å². The Kier molecular flexibility index (Phi) is 5.77. The number of imide groups is 1. The Morgan fingerprint density at radius 2 is 1.72 bits per heavy atom. The van der Waals surface area contributed by atoms with Crippen LogP contribution in [0.2, 0.25) is 0 Å². The molecule has 0 radical (unpaired) electrons. The van der Waals surface area contributed by atoms with Crippen LogP contribution in [0.3, 0.4) is 0 Å². The van der Waals surface area contributed by atoms with E-state index >= 15 is 0 Å². The summed E-state index contributed by atoms with van der Waals surface area (Å²) in [5, 5.41) is 2.83. The number of hydrogen-bond acceptors (Lipinski definition) is 5. The van der Waals surface area contributed by atoms with E-state index in [0.29, 0.717) is 12.0 Å². The van der Waals surface area contributed by atoms with Crippen LogP contribution in [0, 0.1) is 0 Å². The lowest BCUT2D eigenvalue weighted by Crippen LogP contribution is -2.48. The Morgan fingerprint density at radius 1 is 1.09 bits per heavy atom. The van der Waals surface area contributed by atoms with Crippen LogP contribution in [0.15, 0.2) is 60.7 Å². The molecule has 0 aromatic heterocycles. The van der Waals surface area contributed by atoms with Crippen LogP contribution in [0.4, 0.5) is 4.79 Å². The van der Waals surface area contributed by atoms with Gasteiger partial charge in [-0.1, -0.05) is 60.7 Å². The normalized spacial score (nSPS) is 24.4. The number of nitrogens with zero attached hydrogens (tertiary/aromatic N) is 2. The smallest absolute Gasteiger partial charge is 0.325 e. The third-order valence-electron chi connectivity index (χ3n) is 6.20. The molecule has 0 saturated carbocycles. The van der Waals surface area contributed by atoms with Crippen LogP contribution in [0.1, 0.15) is 17.5 Å². The van der Waals surface area contributed by atoms with E-state index in [1.54, 1.807) is 24.3 Å². The molecule has 2 heterocycles. The molecule has 2 aliphatic rings. The number of hydrogen-bond donors (Lipinski definition) is 1. The van der Waals surface area contributed by atoms with E-state index in [2.05, 4.69) is 5.32 Å². The summed E-state index contributed by atoms with van der Waals surface area (Å²) in [7, 11) is -1.65. The second-order valence-corrected chi connectivity index (χ2v) is 10.5. The van der Waals surface area contributed by atoms with Crippen molar-refractivity contribution >= 4 is 27.7 Å². The zero-order valence-corrected chi connectivity index (χ0v) is 18.5. The highest BCUT2D eigenvalue weighted by Gasteiger charge is 2.53. The SMILES string of the molecule is CN(C(=O)CN1C(=O)N[C@@](Cc2ccccc2)(c2ccccc2)C1=O)[C@H]1CCS(=O)(=O)C1. The summed E-state index contributed by atoms with van der Waals surface area (Å²) in [6.07, 6.45) is 0.594. The summed E-state index contributed by atoms with van der Waals surface area (Å²) >= 11 is 0. The molecule has 2 atom stereocenters. The maximum atomic E-state index is 13.6. The van der Waals surface area contributed by atoms with Crippen LogP contribution in [0.5, 0.6) is 0 Å². The Bertz CT molecular complexity index is 1140. The molecule has 0 spiro atoms. The first-order valence-electron chi connectivity index (χ1n) is 10.4. The topological polar surface area (TPSA) is 104 Å². The van der Waals surface area contributed by atoms with Gasteiger partial charge in [0.25, 0.3) is 5.91 Å². The van der Waals surface area contributed by atoms with Gasteiger partial charge in [-0.3, -0.25) is 14.5 Å². The lowest BCUT2D eigenvalue weighted by atomic mass is 9.83. The predicted octanol–water partition coefficient (Wildman–Crippen LogP) is 1.32. The van der Waals surface area contributed by atoms with Gasteiger partial charge in [-0.05, 0) is 17.5 Å². The number of urea groups is 1. The van der Waals surface area contributed by atoms with Gasteiger partial charge in [0.15, 0.2) is 15.4 Å². The highest BCUT2D eigenvalue weighted by molar-refractivity contribution is 7.91. The average molecular weight is 456 g/mol. The van der Waals surface area contributed by atoms with Gasteiger partial charge < -0.3 is 10.2 Å². The Hall–Kier alpha value is -3.20. The Labute approximate surface area is 187 Å². The summed E-state index contributed by atoms with van der Waals surface area (Å²) in [5.74, 6) is -1.04. The molecule has 2 aromatic rings. The molecule has 4 rings (SSSR count). The van der Waals surface area contributed by atoms with Crippen molar-refractivity contribution in [3.63, 3.8) is 0 Å². The second-order valence-electron chi connectivity index (χ2n) is 8.32. The van der Waals surface area contributed by atoms with Gasteiger partial charge in [-0.25, -0.2) is 13.2 Å². The van der Waals surface area contributed by atoms with Crippen LogP contribution in [-0.4, -0.2) is 67.2 Å². The van der Waals surface area contributed by atoms with E-state index in [0.717, 1.165) is 10.5 Å². The average Bonchev–Trinajstić information content (AvgIpc) is 3.26. The molecule has 32 heavy (non-hydrogen) atoms. The highest BCUT2D eigenvalue weighted by atomic mass is 32.2. The largest absolute Gasteiger partial charge is 0.340 e. The molecule has 0 aliphatic carbocycles. The molecule has 2 aliphatic heterocycles. The molecular formula is C23H25N3O5S. The summed E-state index contributed by atoms with van der Waals surface area (Å²) < 4.78 is 23.5. The molecule has 2 fully saturated rings. The summed E-state index contributed by atoms with van der Waals surface area (Å²) in [5.41, 5.74) is 0.175. The number of carbonyl (C=O) groups is 3. The molecule has 0 unspecified atom stereocenters. The third-order valence-corrected chi connectivity index (χ3v) is 7.95. The van der Waals surface area contributed by atoms with Gasteiger partial charge in [-0.2, -0.15) is 0 Å². The minimum absolute atomic E-state index is 0.0343. The van der Waals surface area contributed by atoms with E-state index in [9.17, 15) is 22.8 Å². The molecule has 4 amide bonds. The predicted molar refractivity (Wildman–Crippen MR) is 118 cm³/mol. The van der Waals surface area contributed by atoms with Crippen molar-refractivity contribution in [1.82, 2.24) is 15.1 Å². The van der Waals surface area contributed by atoms with Crippen molar-refractivity contribution in [2.24, 2.45) is 0 Å². The quantitative estimate of drug-likeness (QED) is 0.662. The van der Waals surface area contributed by atoms with Gasteiger partial charge in [0.05, 0.1) is 11.5 Å². The number of rotatable bonds is 6. The van der Waals surface area contributed by atoms with Gasteiger partial charge in [-0.15, -0.1) is 0 Å². The number of carbonyl (C=O) groups excluding carboxylic acids is 3. The maximum absolute atomic E-state index is 13.6. The Morgan fingerprint density at radius 3 is 2.31 bits per heavy atom. The molecule has 2 aromatic carbocycles. The van der Waals surface area contributed by atoms with Gasteiger partial charge in [0.1, 0.15) is 6.54 Å². The Balaban J connectivity index is 1.59. The van der Waals surface area contributed by atoms with Gasteiger partial charge in [0.2, 0.25) is 5.91 Å². The van der Waals surface area contributed by atoms with E-state index in [4.69, 9.17) is 0 Å². The first-order valence-corrected chi connectivity index (χ1v) is 12.2. The fourth-order valence-corrected chi connectivity index (χ4v) is 6.12. The third kappa shape index (κ3) is 4.12. The van der Waals surface area contributed by atoms with E-state index in [-0.39, 0.29) is 17.9 Å². The lowest BCUT2D eigenvalue weighted by Gasteiger charge is -2.28. The zero-order valence-electron chi connectivity index (χ0n) is 17.7. The van der Waals surface area contributed by atoms with Crippen molar-refractivity contribution in [3.8, 4) is 0 Å². The summed E-state index contributed by atoms with van der Waals surface area (Å²) in [4.78, 5) is 41.6. The minimum atomic E-state index is -3.17. The van der Waals surface area contributed by atoms with Crippen LogP contribution < -0.4 is 5.32 Å². The van der Waals surface area contributed by atoms with E-state index < -0.39 is 45.8 Å². The first-order chi connectivity index (χ1) is 15.2. The first kappa shape index (κ1) is 22.0. The fourth-order valence-electron chi connectivity index (χ4n) is 4.34. The molecule has 0 bridgehead atoms. The van der Waals surface area contributed by atoms with Crippen LogP contribution >= 0.6 is 0 Å². The van der Waals surface area contributed by atoms with E-state index in [1.807, 2.05) is 36.4 Å². The maximum Gasteiger partial charge on any atom is 0.325 e. The standard InChI is InChI=1S/C23H25N3O5S/c1-25(19-12-13-32(30,31)16-19)20(27)15-26-21(28)23(24-22(26)29,18-10-6-3-7-11-18)14-17-8-4-2-5-9-17/h2-11,19H,12-16H2,1H3,(H,24,29)/t19-,23-/m0/s1. The van der Waals surface area contributed by atoms with Crippen molar-refractivity contribution in [1.29, 1.82) is 0 Å². The fraction of sp³-hybridized carbons (Fsp3) is 0.348. The number of amides is 4. The van der Waals surface area contributed by atoms with Gasteiger partial charge in [0, 0.05) is 19.5 Å². The number of likely N-dealkylation sites (N-methyl/N-ethyl adjacent to an activating group) is 1. The van der Waals surface area contributed by atoms with Crippen molar-refractivity contribution in [3.05, 3.63) is 71.8 Å². The molecule has 8 nitrogen and oxygen atoms in total. The molecule has 1 N–H and O–H groups in total. The number of benzene rings is 2. The zero-order chi connectivity index (χ0) is 22.9. The number of nitrogens with one attached hydrogen (secondary N) is 1. The van der Waals surface area contributed by atoms with Crippen molar-refractivity contribution in [2.45, 2.75) is 24.4 Å². The molecule has 2 saturated heterocycles. The van der Waals surface area contributed by atoms with Crippen molar-refractivity contribution in [2.75, 3.05) is 25.1 Å². The summed E-state index contributed by atoms with van der Waals surface area (Å²) in [6, 6.07) is 17.2. The molecular weight excluding hydrogens is 430 g/mol. The van der Waals surface area contributed by atoms with Crippen LogP contribution in [0.25, 0.3) is 0 Å².